The minimum absolute atomic E-state index is 0.184. The lowest BCUT2D eigenvalue weighted by molar-refractivity contribution is -0.144. The van der Waals surface area contributed by atoms with E-state index in [9.17, 15) is 13.6 Å². The number of hydrogen-bond donors (Lipinski definition) is 1. The van der Waals surface area contributed by atoms with Crippen LogP contribution in [0.25, 0.3) is 0 Å². The van der Waals surface area contributed by atoms with Crippen molar-refractivity contribution in [3.05, 3.63) is 52.7 Å². The molecular formula is C19H18ClF2N3O3. The summed E-state index contributed by atoms with van der Waals surface area (Å²) < 4.78 is 37.5. The lowest BCUT2D eigenvalue weighted by Crippen LogP contribution is -2.46. The molecule has 0 aliphatic rings. The van der Waals surface area contributed by atoms with Crippen molar-refractivity contribution in [2.75, 3.05) is 7.11 Å². The van der Waals surface area contributed by atoms with E-state index in [1.54, 1.807) is 12.1 Å². The van der Waals surface area contributed by atoms with E-state index in [4.69, 9.17) is 26.3 Å². The van der Waals surface area contributed by atoms with Gasteiger partial charge in [-0.3, -0.25) is 4.79 Å². The summed E-state index contributed by atoms with van der Waals surface area (Å²) in [5.41, 5.74) is 0.789. The third-order valence-corrected chi connectivity index (χ3v) is 4.15. The molecule has 0 fully saturated rings. The van der Waals surface area contributed by atoms with Gasteiger partial charge in [0.1, 0.15) is 17.9 Å². The molecule has 0 saturated heterocycles. The fraction of sp³-hybridized carbons (Fsp3) is 0.316. The van der Waals surface area contributed by atoms with E-state index in [1.807, 2.05) is 6.07 Å². The number of rotatable bonds is 7. The van der Waals surface area contributed by atoms with Crippen molar-refractivity contribution < 1.29 is 23.0 Å². The van der Waals surface area contributed by atoms with Gasteiger partial charge in [0.25, 0.3) is 5.91 Å². The summed E-state index contributed by atoms with van der Waals surface area (Å²) in [6.07, 6.45) is 0.607. The second-order valence-corrected chi connectivity index (χ2v) is 6.48. The third kappa shape index (κ3) is 5.30. The minimum atomic E-state index is -3.53. The summed E-state index contributed by atoms with van der Waals surface area (Å²) in [5, 5.41) is 11.4. The first kappa shape index (κ1) is 21.4. The van der Waals surface area contributed by atoms with Gasteiger partial charge in [0.2, 0.25) is 5.88 Å². The molecular weight excluding hydrogens is 392 g/mol. The van der Waals surface area contributed by atoms with Gasteiger partial charge >= 0.3 is 5.92 Å². The second-order valence-electron chi connectivity index (χ2n) is 6.08. The van der Waals surface area contributed by atoms with Crippen molar-refractivity contribution in [3.8, 4) is 17.7 Å². The van der Waals surface area contributed by atoms with Gasteiger partial charge in [0.05, 0.1) is 23.7 Å². The van der Waals surface area contributed by atoms with Gasteiger partial charge < -0.3 is 14.8 Å². The van der Waals surface area contributed by atoms with Gasteiger partial charge in [0.15, 0.2) is 0 Å². The number of pyridine rings is 1. The normalized spacial score (nSPS) is 13.2. The highest BCUT2D eigenvalue weighted by Crippen LogP contribution is 2.29. The van der Waals surface area contributed by atoms with Gasteiger partial charge in [-0.1, -0.05) is 11.6 Å². The van der Waals surface area contributed by atoms with Gasteiger partial charge in [-0.2, -0.15) is 14.0 Å². The van der Waals surface area contributed by atoms with E-state index in [1.165, 1.54) is 38.4 Å². The number of nitrogens with zero attached hydrogens (tertiary/aromatic N) is 2. The molecule has 0 aliphatic heterocycles. The average molecular weight is 410 g/mol. The first-order valence-electron chi connectivity index (χ1n) is 8.20. The number of methoxy groups -OCH3 is 1. The maximum Gasteiger partial charge on any atom is 0.321 e. The van der Waals surface area contributed by atoms with Crippen LogP contribution in [-0.4, -0.2) is 30.0 Å². The molecule has 0 radical (unpaired) electrons. The summed E-state index contributed by atoms with van der Waals surface area (Å²) in [4.78, 5) is 15.8. The Morgan fingerprint density at radius 2 is 2.07 bits per heavy atom. The molecule has 9 heteroatoms. The highest BCUT2D eigenvalue weighted by molar-refractivity contribution is 6.31. The number of alkyl halides is 2. The molecule has 2 atom stereocenters. The van der Waals surface area contributed by atoms with Crippen LogP contribution in [0.3, 0.4) is 0 Å². The molecule has 1 N–H and O–H groups in total. The first-order valence-corrected chi connectivity index (χ1v) is 8.58. The monoisotopic (exact) mass is 409 g/mol. The van der Waals surface area contributed by atoms with Crippen LogP contribution in [0.1, 0.15) is 31.1 Å². The molecule has 0 spiro atoms. The Balaban J connectivity index is 2.33. The molecule has 1 aromatic heterocycles. The maximum atomic E-state index is 13.3. The van der Waals surface area contributed by atoms with Gasteiger partial charge in [0, 0.05) is 30.8 Å². The fourth-order valence-corrected chi connectivity index (χ4v) is 2.57. The Labute approximate surface area is 166 Å². The molecule has 2 aromatic rings. The fourth-order valence-electron chi connectivity index (χ4n) is 2.36. The Morgan fingerprint density at radius 1 is 1.36 bits per heavy atom. The van der Waals surface area contributed by atoms with E-state index in [-0.39, 0.29) is 10.6 Å². The topological polar surface area (TPSA) is 84.2 Å². The van der Waals surface area contributed by atoms with Crippen molar-refractivity contribution in [2.24, 2.45) is 0 Å². The van der Waals surface area contributed by atoms with Crippen LogP contribution in [0.2, 0.25) is 5.02 Å². The number of amides is 1. The van der Waals surface area contributed by atoms with E-state index in [2.05, 4.69) is 10.3 Å². The Morgan fingerprint density at radius 3 is 2.57 bits per heavy atom. The Kier molecular flexibility index (Phi) is 6.75. The van der Waals surface area contributed by atoms with E-state index < -0.39 is 24.0 Å². The van der Waals surface area contributed by atoms with Gasteiger partial charge in [-0.15, -0.1) is 0 Å². The summed E-state index contributed by atoms with van der Waals surface area (Å²) in [5.74, 6) is -4.29. The smallest absolute Gasteiger partial charge is 0.321 e. The third-order valence-electron chi connectivity index (χ3n) is 3.83. The summed E-state index contributed by atoms with van der Waals surface area (Å²) >= 11 is 6.02. The zero-order valence-corrected chi connectivity index (χ0v) is 16.1. The van der Waals surface area contributed by atoms with Gasteiger partial charge in [-0.05, 0) is 25.1 Å². The van der Waals surface area contributed by atoms with Gasteiger partial charge in [-0.25, -0.2) is 4.98 Å². The Hall–Kier alpha value is -2.92. The van der Waals surface area contributed by atoms with Crippen LogP contribution < -0.4 is 14.8 Å². The number of ether oxygens (including phenoxy) is 2. The number of carbonyl (C=O) groups is 1. The quantitative estimate of drug-likeness (QED) is 0.749. The largest absolute Gasteiger partial charge is 0.483 e. The van der Waals surface area contributed by atoms with Crippen LogP contribution in [0, 0.1) is 11.3 Å². The lowest BCUT2D eigenvalue weighted by atomic mass is 10.0. The Bertz CT molecular complexity index is 879. The van der Waals surface area contributed by atoms with Crippen molar-refractivity contribution in [2.45, 2.75) is 31.9 Å². The molecule has 148 valence electrons. The van der Waals surface area contributed by atoms with Crippen LogP contribution in [0.5, 0.6) is 11.6 Å². The molecule has 1 aromatic carbocycles. The first-order chi connectivity index (χ1) is 13.2. The predicted octanol–water partition coefficient (Wildman–Crippen LogP) is 3.90. The zero-order chi connectivity index (χ0) is 20.9. The predicted molar refractivity (Wildman–Crippen MR) is 98.6 cm³/mol. The molecule has 0 unspecified atom stereocenters. The number of aromatic nitrogens is 1. The van der Waals surface area contributed by atoms with Crippen LogP contribution in [0.4, 0.5) is 8.78 Å². The van der Waals surface area contributed by atoms with Crippen LogP contribution in [0.15, 0.2) is 36.5 Å². The minimum Gasteiger partial charge on any atom is -0.483 e. The lowest BCUT2D eigenvalue weighted by Gasteiger charge is -2.27. The summed E-state index contributed by atoms with van der Waals surface area (Å²) in [7, 11) is 1.46. The molecule has 1 amide bonds. The molecule has 0 aliphatic carbocycles. The number of halogens is 3. The second kappa shape index (κ2) is 8.85. The number of benzene rings is 1. The van der Waals surface area contributed by atoms with E-state index >= 15 is 0 Å². The van der Waals surface area contributed by atoms with Crippen LogP contribution in [-0.2, 0) is 4.79 Å². The standard InChI is InChI=1S/C19H18ClF2N3O3/c1-11(25-18(26)19(2,21)22)17(13-5-7-16(27-3)24-10-13)28-14-6-4-12(9-23)15(20)8-14/h4-8,10-11,17H,1-3H3,(H,25,26)/t11-,17-/m0/s1. The highest BCUT2D eigenvalue weighted by Gasteiger charge is 2.35. The molecule has 1 heterocycles. The van der Waals surface area contributed by atoms with Crippen molar-refractivity contribution >= 4 is 17.5 Å². The highest BCUT2D eigenvalue weighted by atomic mass is 35.5. The number of nitrogens with one attached hydrogen (secondary N) is 1. The van der Waals surface area contributed by atoms with E-state index in [0.717, 1.165) is 0 Å². The number of carbonyl (C=O) groups excluding carboxylic acids is 1. The summed E-state index contributed by atoms with van der Waals surface area (Å²) in [6.45, 7) is 2.05. The molecule has 6 nitrogen and oxygen atoms in total. The SMILES string of the molecule is COc1ccc([C@@H](Oc2ccc(C#N)c(Cl)c2)[C@H](C)NC(=O)C(C)(F)F)cn1. The van der Waals surface area contributed by atoms with Crippen molar-refractivity contribution in [1.82, 2.24) is 10.3 Å². The molecule has 0 saturated carbocycles. The zero-order valence-electron chi connectivity index (χ0n) is 15.4. The molecule has 2 rings (SSSR count). The number of hydrogen-bond acceptors (Lipinski definition) is 5. The van der Waals surface area contributed by atoms with Crippen molar-refractivity contribution in [3.63, 3.8) is 0 Å². The molecule has 0 bridgehead atoms. The number of nitriles is 1. The average Bonchev–Trinajstić information content (AvgIpc) is 2.65. The van der Waals surface area contributed by atoms with Crippen LogP contribution >= 0.6 is 11.6 Å². The van der Waals surface area contributed by atoms with Crippen molar-refractivity contribution in [1.29, 1.82) is 5.26 Å². The van der Waals surface area contributed by atoms with E-state index in [0.29, 0.717) is 24.1 Å². The maximum absolute atomic E-state index is 13.3. The molecule has 28 heavy (non-hydrogen) atoms. The summed E-state index contributed by atoms with van der Waals surface area (Å²) in [6, 6.07) is 8.77.